The van der Waals surface area contributed by atoms with E-state index in [1.165, 1.54) is 0 Å². The van der Waals surface area contributed by atoms with Gasteiger partial charge in [0.1, 0.15) is 5.75 Å². The van der Waals surface area contributed by atoms with Crippen LogP contribution in [0, 0.1) is 0 Å². The first-order valence-electron chi connectivity index (χ1n) is 11.5. The van der Waals surface area contributed by atoms with Gasteiger partial charge in [-0.1, -0.05) is 30.3 Å². The van der Waals surface area contributed by atoms with Crippen LogP contribution in [0.1, 0.15) is 38.2 Å². The molecule has 0 aromatic heterocycles. The van der Waals surface area contributed by atoms with Gasteiger partial charge in [0, 0.05) is 31.4 Å². The van der Waals surface area contributed by atoms with Crippen molar-refractivity contribution in [1.82, 2.24) is 16.2 Å². The second kappa shape index (κ2) is 15.8. The SMILES string of the molecule is CCOc1ccc(NC(=O)CCC(=O)NNC(=S)NC(=O)CCC(=O)OCCc2ccccc2)cc1. The Balaban J connectivity index is 1.54. The summed E-state index contributed by atoms with van der Waals surface area (Å²) in [5.41, 5.74) is 6.33. The van der Waals surface area contributed by atoms with Crippen molar-refractivity contribution in [3.63, 3.8) is 0 Å². The third-order valence-electron chi connectivity index (χ3n) is 4.65. The minimum Gasteiger partial charge on any atom is -0.494 e. The molecule has 0 aliphatic carbocycles. The van der Waals surface area contributed by atoms with E-state index in [0.717, 1.165) is 5.56 Å². The minimum absolute atomic E-state index is 0.0494. The Kier molecular flexibility index (Phi) is 12.4. The molecule has 0 spiro atoms. The molecule has 36 heavy (non-hydrogen) atoms. The number of hydrogen-bond acceptors (Lipinski definition) is 7. The molecule has 4 N–H and O–H groups in total. The molecule has 10 nitrogen and oxygen atoms in total. The highest BCUT2D eigenvalue weighted by Gasteiger charge is 2.11. The van der Waals surface area contributed by atoms with E-state index in [2.05, 4.69) is 21.5 Å². The fraction of sp³-hybridized carbons (Fsp3) is 0.320. The first kappa shape index (κ1) is 28.2. The number of hydrazine groups is 1. The molecule has 11 heteroatoms. The molecule has 0 atom stereocenters. The number of ether oxygens (including phenoxy) is 2. The molecular formula is C25H30N4O6S. The highest BCUT2D eigenvalue weighted by Crippen LogP contribution is 2.15. The van der Waals surface area contributed by atoms with Gasteiger partial charge >= 0.3 is 5.97 Å². The number of anilines is 1. The molecule has 3 amide bonds. The van der Waals surface area contributed by atoms with E-state index in [4.69, 9.17) is 21.7 Å². The number of thiocarbonyl (C=S) groups is 1. The number of nitrogens with one attached hydrogen (secondary N) is 4. The fourth-order valence-electron chi connectivity index (χ4n) is 2.88. The summed E-state index contributed by atoms with van der Waals surface area (Å²) in [4.78, 5) is 47.6. The molecular weight excluding hydrogens is 484 g/mol. The Morgan fingerprint density at radius 2 is 1.47 bits per heavy atom. The first-order chi connectivity index (χ1) is 17.4. The average molecular weight is 515 g/mol. The summed E-state index contributed by atoms with van der Waals surface area (Å²) in [6, 6.07) is 16.5. The molecule has 2 aromatic rings. The van der Waals surface area contributed by atoms with Gasteiger partial charge in [-0.05, 0) is 49.0 Å². The Bertz CT molecular complexity index is 1030. The van der Waals surface area contributed by atoms with Crippen molar-refractivity contribution in [2.45, 2.75) is 39.0 Å². The highest BCUT2D eigenvalue weighted by atomic mass is 32.1. The Morgan fingerprint density at radius 3 is 2.17 bits per heavy atom. The maximum atomic E-state index is 12.0. The fourth-order valence-corrected chi connectivity index (χ4v) is 3.04. The number of amides is 3. The molecule has 2 aromatic carbocycles. The molecule has 0 fully saturated rings. The van der Waals surface area contributed by atoms with Gasteiger partial charge in [-0.25, -0.2) is 0 Å². The van der Waals surface area contributed by atoms with Crippen molar-refractivity contribution in [2.24, 2.45) is 0 Å². The lowest BCUT2D eigenvalue weighted by molar-refractivity contribution is -0.144. The lowest BCUT2D eigenvalue weighted by Crippen LogP contribution is -2.48. The third-order valence-corrected chi connectivity index (χ3v) is 4.85. The summed E-state index contributed by atoms with van der Waals surface area (Å²) < 4.78 is 10.5. The number of benzene rings is 2. The maximum Gasteiger partial charge on any atom is 0.306 e. The zero-order chi connectivity index (χ0) is 26.2. The van der Waals surface area contributed by atoms with Crippen molar-refractivity contribution in [3.8, 4) is 5.75 Å². The van der Waals surface area contributed by atoms with E-state index in [1.807, 2.05) is 37.3 Å². The van der Waals surface area contributed by atoms with Gasteiger partial charge in [0.15, 0.2) is 5.11 Å². The maximum absolute atomic E-state index is 12.0. The van der Waals surface area contributed by atoms with Crippen LogP contribution in [0.4, 0.5) is 5.69 Å². The van der Waals surface area contributed by atoms with Crippen molar-refractivity contribution in [3.05, 3.63) is 60.2 Å². The Hall–Kier alpha value is -3.99. The van der Waals surface area contributed by atoms with Gasteiger partial charge in [0.05, 0.1) is 19.6 Å². The van der Waals surface area contributed by atoms with Crippen LogP contribution in [0.5, 0.6) is 5.75 Å². The van der Waals surface area contributed by atoms with E-state index in [-0.39, 0.29) is 43.3 Å². The number of rotatable bonds is 12. The zero-order valence-electron chi connectivity index (χ0n) is 20.0. The van der Waals surface area contributed by atoms with Crippen LogP contribution in [-0.2, 0) is 30.3 Å². The predicted molar refractivity (Wildman–Crippen MR) is 138 cm³/mol. The second-order valence-electron chi connectivity index (χ2n) is 7.51. The summed E-state index contributed by atoms with van der Waals surface area (Å²) in [6.07, 6.45) is 0.230. The van der Waals surface area contributed by atoms with Gasteiger partial charge in [0.25, 0.3) is 0 Å². The van der Waals surface area contributed by atoms with Crippen molar-refractivity contribution < 1.29 is 28.7 Å². The molecule has 192 valence electrons. The van der Waals surface area contributed by atoms with Crippen molar-refractivity contribution in [2.75, 3.05) is 18.5 Å². The van der Waals surface area contributed by atoms with Gasteiger partial charge in [-0.2, -0.15) is 0 Å². The van der Waals surface area contributed by atoms with E-state index in [1.54, 1.807) is 24.3 Å². The van der Waals surface area contributed by atoms with Crippen LogP contribution in [0.15, 0.2) is 54.6 Å². The molecule has 0 unspecified atom stereocenters. The van der Waals surface area contributed by atoms with E-state index in [9.17, 15) is 19.2 Å². The van der Waals surface area contributed by atoms with Crippen LogP contribution in [0.3, 0.4) is 0 Å². The highest BCUT2D eigenvalue weighted by molar-refractivity contribution is 7.80. The van der Waals surface area contributed by atoms with Crippen LogP contribution in [0.25, 0.3) is 0 Å². The predicted octanol–water partition coefficient (Wildman–Crippen LogP) is 2.39. The zero-order valence-corrected chi connectivity index (χ0v) is 20.8. The molecule has 0 saturated heterocycles. The number of carbonyl (C=O) groups is 4. The lowest BCUT2D eigenvalue weighted by atomic mass is 10.2. The normalized spacial score (nSPS) is 10.0. The van der Waals surface area contributed by atoms with Crippen LogP contribution >= 0.6 is 12.2 Å². The topological polar surface area (TPSA) is 135 Å². The number of esters is 1. The largest absolute Gasteiger partial charge is 0.494 e. The molecule has 0 radical (unpaired) electrons. The van der Waals surface area contributed by atoms with Crippen molar-refractivity contribution >= 4 is 46.7 Å². The van der Waals surface area contributed by atoms with E-state index in [0.29, 0.717) is 24.5 Å². The molecule has 0 aliphatic rings. The molecule has 2 rings (SSSR count). The minimum atomic E-state index is -0.503. The molecule has 0 saturated carbocycles. The second-order valence-corrected chi connectivity index (χ2v) is 7.92. The molecule has 0 bridgehead atoms. The molecule has 0 aliphatic heterocycles. The van der Waals surface area contributed by atoms with Gasteiger partial charge in [-0.3, -0.25) is 30.0 Å². The Labute approximate surface area is 215 Å². The monoisotopic (exact) mass is 514 g/mol. The summed E-state index contributed by atoms with van der Waals surface area (Å²) >= 11 is 4.94. The van der Waals surface area contributed by atoms with Crippen LogP contribution in [-0.4, -0.2) is 42.0 Å². The first-order valence-corrected chi connectivity index (χ1v) is 11.9. The Morgan fingerprint density at radius 1 is 0.806 bits per heavy atom. The quantitative estimate of drug-likeness (QED) is 0.193. The smallest absolute Gasteiger partial charge is 0.306 e. The van der Waals surface area contributed by atoms with E-state index < -0.39 is 17.8 Å². The van der Waals surface area contributed by atoms with Gasteiger partial charge < -0.3 is 20.1 Å². The molecule has 0 heterocycles. The summed E-state index contributed by atoms with van der Waals surface area (Å²) in [6.45, 7) is 2.66. The van der Waals surface area contributed by atoms with Crippen LogP contribution < -0.4 is 26.2 Å². The number of carbonyl (C=O) groups excluding carboxylic acids is 4. The lowest BCUT2D eigenvalue weighted by Gasteiger charge is -2.11. The summed E-state index contributed by atoms with van der Waals surface area (Å²) in [5, 5.41) is 4.90. The van der Waals surface area contributed by atoms with Gasteiger partial charge in [0.2, 0.25) is 17.7 Å². The third kappa shape index (κ3) is 11.9. The van der Waals surface area contributed by atoms with E-state index >= 15 is 0 Å². The van der Waals surface area contributed by atoms with Crippen molar-refractivity contribution in [1.29, 1.82) is 0 Å². The van der Waals surface area contributed by atoms with Crippen LogP contribution in [0.2, 0.25) is 0 Å². The number of hydrogen-bond donors (Lipinski definition) is 4. The standard InChI is InChI=1S/C25H30N4O6S/c1-2-34-20-10-8-19(9-11-20)26-21(30)12-13-23(32)28-29-25(36)27-22(31)14-15-24(33)35-17-16-18-6-4-3-5-7-18/h3-11H,2,12-17H2,1H3,(H,26,30)(H,28,32)(H2,27,29,31,36). The average Bonchev–Trinajstić information content (AvgIpc) is 2.87. The summed E-state index contributed by atoms with van der Waals surface area (Å²) in [5.74, 6) is -1.12. The van der Waals surface area contributed by atoms with Gasteiger partial charge in [-0.15, -0.1) is 0 Å². The summed E-state index contributed by atoms with van der Waals surface area (Å²) in [7, 11) is 0.